The van der Waals surface area contributed by atoms with Gasteiger partial charge in [-0.1, -0.05) is 12.7 Å². The van der Waals surface area contributed by atoms with E-state index in [1.165, 1.54) is 0 Å². The molecule has 1 heterocycles. The Labute approximate surface area is 67.1 Å². The number of nitrogens with zero attached hydrogens (tertiary/aromatic N) is 2. The lowest BCUT2D eigenvalue weighted by molar-refractivity contribution is 0.991. The van der Waals surface area contributed by atoms with Crippen molar-refractivity contribution >= 4 is 11.9 Å². The van der Waals surface area contributed by atoms with E-state index in [-0.39, 0.29) is 0 Å². The summed E-state index contributed by atoms with van der Waals surface area (Å²) >= 11 is 0. The van der Waals surface area contributed by atoms with Gasteiger partial charge in [-0.25, -0.2) is 0 Å². The predicted molar refractivity (Wildman–Crippen MR) is 49.6 cm³/mol. The Balaban J connectivity index is 2.83. The molecule has 0 saturated heterocycles. The van der Waals surface area contributed by atoms with Crippen molar-refractivity contribution in [3.63, 3.8) is 0 Å². The fourth-order valence-corrected chi connectivity index (χ4v) is 1.04. The summed E-state index contributed by atoms with van der Waals surface area (Å²) in [4.78, 5) is 8.22. The van der Waals surface area contributed by atoms with Crippen LogP contribution in [0.5, 0.6) is 0 Å². The normalized spacial score (nSPS) is 17.9. The number of aliphatic imine (C=N–C) groups is 2. The van der Waals surface area contributed by atoms with E-state index in [0.717, 1.165) is 24.3 Å². The van der Waals surface area contributed by atoms with Crippen LogP contribution in [0.15, 0.2) is 34.3 Å². The molecule has 0 spiro atoms. The Morgan fingerprint density at radius 3 is 3.18 bits per heavy atom. The SMILES string of the molecule is C=CC1=NCCC=C1/C=N\C. The molecule has 0 atom stereocenters. The first-order valence-electron chi connectivity index (χ1n) is 3.68. The van der Waals surface area contributed by atoms with Gasteiger partial charge in [0.1, 0.15) is 0 Å². The van der Waals surface area contributed by atoms with Gasteiger partial charge >= 0.3 is 0 Å². The van der Waals surface area contributed by atoms with Crippen molar-refractivity contribution in [2.75, 3.05) is 13.6 Å². The Morgan fingerprint density at radius 1 is 1.73 bits per heavy atom. The van der Waals surface area contributed by atoms with Crippen LogP contribution in [-0.4, -0.2) is 25.5 Å². The molecule has 0 aliphatic carbocycles. The Kier molecular flexibility index (Phi) is 2.78. The summed E-state index contributed by atoms with van der Waals surface area (Å²) in [6.45, 7) is 4.56. The maximum absolute atomic E-state index is 4.29. The summed E-state index contributed by atoms with van der Waals surface area (Å²) in [5, 5.41) is 0. The molecule has 0 aromatic heterocycles. The van der Waals surface area contributed by atoms with Crippen LogP contribution in [0, 0.1) is 0 Å². The monoisotopic (exact) mass is 148 g/mol. The Bertz CT molecular complexity index is 234. The van der Waals surface area contributed by atoms with Crippen LogP contribution in [-0.2, 0) is 0 Å². The van der Waals surface area contributed by atoms with Gasteiger partial charge in [0.2, 0.25) is 0 Å². The lowest BCUT2D eigenvalue weighted by Crippen LogP contribution is -2.06. The molecular weight excluding hydrogens is 136 g/mol. The van der Waals surface area contributed by atoms with Crippen LogP contribution in [0.4, 0.5) is 0 Å². The average Bonchev–Trinajstić information content (AvgIpc) is 2.06. The standard InChI is InChI=1S/C9H12N2/c1-3-9-8(7-10-2)5-4-6-11-9/h3,5,7H,1,4,6H2,2H3/b10-7-. The molecule has 2 heteroatoms. The largest absolute Gasteiger partial charge is 0.296 e. The highest BCUT2D eigenvalue weighted by atomic mass is 14.7. The van der Waals surface area contributed by atoms with E-state index in [1.54, 1.807) is 13.1 Å². The second-order valence-electron chi connectivity index (χ2n) is 2.31. The lowest BCUT2D eigenvalue weighted by atomic mass is 10.1. The molecule has 0 unspecified atom stereocenters. The van der Waals surface area contributed by atoms with Crippen LogP contribution < -0.4 is 0 Å². The minimum atomic E-state index is 0.877. The molecule has 0 fully saturated rings. The third-order valence-corrected chi connectivity index (χ3v) is 1.53. The van der Waals surface area contributed by atoms with Gasteiger partial charge in [0, 0.05) is 25.4 Å². The van der Waals surface area contributed by atoms with E-state index < -0.39 is 0 Å². The topological polar surface area (TPSA) is 24.7 Å². The number of hydrogen-bond acceptors (Lipinski definition) is 2. The minimum Gasteiger partial charge on any atom is -0.296 e. The molecule has 0 N–H and O–H groups in total. The van der Waals surface area contributed by atoms with Crippen molar-refractivity contribution in [1.29, 1.82) is 0 Å². The molecule has 2 nitrogen and oxygen atoms in total. The summed E-state index contributed by atoms with van der Waals surface area (Å²) in [7, 11) is 1.76. The van der Waals surface area contributed by atoms with Crippen LogP contribution in [0.3, 0.4) is 0 Å². The van der Waals surface area contributed by atoms with Crippen LogP contribution in [0.1, 0.15) is 6.42 Å². The fourth-order valence-electron chi connectivity index (χ4n) is 1.04. The second-order valence-corrected chi connectivity index (χ2v) is 2.31. The molecule has 0 aromatic rings. The minimum absolute atomic E-state index is 0.877. The van der Waals surface area contributed by atoms with Crippen molar-refractivity contribution < 1.29 is 0 Å². The Morgan fingerprint density at radius 2 is 2.55 bits per heavy atom. The first-order valence-corrected chi connectivity index (χ1v) is 3.68. The highest BCUT2D eigenvalue weighted by molar-refractivity contribution is 6.21. The molecule has 0 radical (unpaired) electrons. The van der Waals surface area contributed by atoms with E-state index in [9.17, 15) is 0 Å². The van der Waals surface area contributed by atoms with E-state index in [1.807, 2.05) is 6.21 Å². The molecule has 1 aliphatic heterocycles. The van der Waals surface area contributed by atoms with E-state index in [2.05, 4.69) is 22.6 Å². The van der Waals surface area contributed by atoms with Gasteiger partial charge in [0.25, 0.3) is 0 Å². The smallest absolute Gasteiger partial charge is 0.0652 e. The van der Waals surface area contributed by atoms with Gasteiger partial charge < -0.3 is 0 Å². The van der Waals surface area contributed by atoms with Gasteiger partial charge in [0.15, 0.2) is 0 Å². The molecule has 1 rings (SSSR count). The van der Waals surface area contributed by atoms with Crippen LogP contribution >= 0.6 is 0 Å². The maximum Gasteiger partial charge on any atom is 0.0652 e. The van der Waals surface area contributed by atoms with Gasteiger partial charge in [-0.2, -0.15) is 0 Å². The second kappa shape index (κ2) is 3.86. The van der Waals surface area contributed by atoms with Gasteiger partial charge in [0.05, 0.1) is 5.71 Å². The Hall–Kier alpha value is -1.18. The van der Waals surface area contributed by atoms with Crippen molar-refractivity contribution in [3.8, 4) is 0 Å². The zero-order valence-corrected chi connectivity index (χ0v) is 6.75. The predicted octanol–water partition coefficient (Wildman–Crippen LogP) is 1.64. The fraction of sp³-hybridized carbons (Fsp3) is 0.333. The van der Waals surface area contributed by atoms with Crippen molar-refractivity contribution in [1.82, 2.24) is 0 Å². The molecular formula is C9H12N2. The van der Waals surface area contributed by atoms with Crippen molar-refractivity contribution in [2.24, 2.45) is 9.98 Å². The molecule has 1 aliphatic rings. The van der Waals surface area contributed by atoms with Gasteiger partial charge in [-0.3, -0.25) is 9.98 Å². The molecule has 0 amide bonds. The molecule has 0 saturated carbocycles. The maximum atomic E-state index is 4.29. The number of allylic oxidation sites excluding steroid dienone is 2. The molecule has 58 valence electrons. The summed E-state index contributed by atoms with van der Waals surface area (Å²) in [6.07, 6.45) is 6.74. The van der Waals surface area contributed by atoms with Crippen molar-refractivity contribution in [3.05, 3.63) is 24.3 Å². The van der Waals surface area contributed by atoms with Crippen LogP contribution in [0.2, 0.25) is 0 Å². The summed E-state index contributed by atoms with van der Waals surface area (Å²) in [6, 6.07) is 0. The average molecular weight is 148 g/mol. The quantitative estimate of drug-likeness (QED) is 0.532. The summed E-state index contributed by atoms with van der Waals surface area (Å²) < 4.78 is 0. The first-order chi connectivity index (χ1) is 5.38. The van der Waals surface area contributed by atoms with E-state index >= 15 is 0 Å². The number of hydrogen-bond donors (Lipinski definition) is 0. The van der Waals surface area contributed by atoms with Gasteiger partial charge in [-0.05, 0) is 12.5 Å². The van der Waals surface area contributed by atoms with E-state index in [4.69, 9.17) is 0 Å². The summed E-state index contributed by atoms with van der Waals surface area (Å²) in [5.74, 6) is 0. The first kappa shape index (κ1) is 7.92. The van der Waals surface area contributed by atoms with E-state index in [0.29, 0.717) is 0 Å². The lowest BCUT2D eigenvalue weighted by Gasteiger charge is -2.06. The highest BCUT2D eigenvalue weighted by Gasteiger charge is 2.03. The molecule has 0 bridgehead atoms. The summed E-state index contributed by atoms with van der Waals surface area (Å²) in [5.41, 5.74) is 2.05. The number of rotatable bonds is 2. The zero-order chi connectivity index (χ0) is 8.10. The third kappa shape index (κ3) is 1.87. The third-order valence-electron chi connectivity index (χ3n) is 1.53. The molecule has 11 heavy (non-hydrogen) atoms. The van der Waals surface area contributed by atoms with Crippen molar-refractivity contribution in [2.45, 2.75) is 6.42 Å². The van der Waals surface area contributed by atoms with Crippen LogP contribution in [0.25, 0.3) is 0 Å². The van der Waals surface area contributed by atoms with Gasteiger partial charge in [-0.15, -0.1) is 0 Å². The number of dihydropyridines is 1. The molecule has 0 aromatic carbocycles. The highest BCUT2D eigenvalue weighted by Crippen LogP contribution is 2.05. The zero-order valence-electron chi connectivity index (χ0n) is 6.75.